The summed E-state index contributed by atoms with van der Waals surface area (Å²) in [7, 11) is 0. The van der Waals surface area contributed by atoms with Crippen molar-refractivity contribution in [2.45, 2.75) is 19.8 Å². The molecule has 0 atom stereocenters. The van der Waals surface area contributed by atoms with Gasteiger partial charge in [0.05, 0.1) is 4.99 Å². The highest BCUT2D eigenvalue weighted by molar-refractivity contribution is 7.80. The van der Waals surface area contributed by atoms with Crippen molar-refractivity contribution in [1.82, 2.24) is 5.32 Å². The minimum atomic E-state index is -0.598. The van der Waals surface area contributed by atoms with Crippen molar-refractivity contribution in [3.05, 3.63) is 59.3 Å². The van der Waals surface area contributed by atoms with Crippen molar-refractivity contribution < 1.29 is 8.78 Å². The van der Waals surface area contributed by atoms with Gasteiger partial charge in [-0.15, -0.1) is 0 Å². The molecule has 0 amide bonds. The molecule has 1 aromatic rings. The molecule has 20 heavy (non-hydrogen) atoms. The van der Waals surface area contributed by atoms with Gasteiger partial charge in [0.2, 0.25) is 0 Å². The number of amidine groups is 1. The fourth-order valence-electron chi connectivity index (χ4n) is 1.77. The maximum Gasteiger partial charge on any atom is 0.129 e. The molecule has 0 fully saturated rings. The summed E-state index contributed by atoms with van der Waals surface area (Å²) in [5.41, 5.74) is 2.36. The van der Waals surface area contributed by atoms with E-state index < -0.39 is 11.6 Å². The van der Waals surface area contributed by atoms with Gasteiger partial charge >= 0.3 is 0 Å². The second-order valence-electron chi connectivity index (χ2n) is 4.63. The second kappa shape index (κ2) is 6.05. The van der Waals surface area contributed by atoms with E-state index in [1.54, 1.807) is 6.20 Å². The van der Waals surface area contributed by atoms with Crippen LogP contribution in [-0.2, 0) is 6.42 Å². The first-order valence-corrected chi connectivity index (χ1v) is 6.52. The molecular formula is C15H14F2N2S. The number of hydrogen-bond acceptors (Lipinski definition) is 2. The van der Waals surface area contributed by atoms with Crippen LogP contribution in [-0.4, -0.2) is 10.8 Å². The highest BCUT2D eigenvalue weighted by Gasteiger charge is 2.12. The molecule has 1 heterocycles. The number of nitrogens with zero attached hydrogens (tertiary/aromatic N) is 1. The zero-order valence-electron chi connectivity index (χ0n) is 11.0. The minimum Gasteiger partial charge on any atom is -0.338 e. The van der Waals surface area contributed by atoms with Crippen LogP contribution >= 0.6 is 12.2 Å². The Hall–Kier alpha value is -1.88. The summed E-state index contributed by atoms with van der Waals surface area (Å²) in [6.07, 6.45) is 2.51. The molecule has 0 radical (unpaired) electrons. The van der Waals surface area contributed by atoms with E-state index in [4.69, 9.17) is 12.2 Å². The Morgan fingerprint density at radius 1 is 1.45 bits per heavy atom. The maximum atomic E-state index is 13.5. The molecule has 2 nitrogen and oxygen atoms in total. The first-order chi connectivity index (χ1) is 9.45. The fourth-order valence-corrected chi connectivity index (χ4v) is 2.05. The van der Waals surface area contributed by atoms with Gasteiger partial charge in [0, 0.05) is 25.1 Å². The van der Waals surface area contributed by atoms with Gasteiger partial charge in [0.25, 0.3) is 0 Å². The van der Waals surface area contributed by atoms with E-state index in [1.807, 2.05) is 6.92 Å². The van der Waals surface area contributed by atoms with Crippen molar-refractivity contribution in [3.63, 3.8) is 0 Å². The van der Waals surface area contributed by atoms with Crippen LogP contribution < -0.4 is 5.32 Å². The average molecular weight is 292 g/mol. The molecular weight excluding hydrogens is 278 g/mol. The Bertz CT molecular complexity index is 633. The van der Waals surface area contributed by atoms with E-state index in [-0.39, 0.29) is 6.42 Å². The Labute approximate surface area is 121 Å². The van der Waals surface area contributed by atoms with Crippen LogP contribution in [0.5, 0.6) is 0 Å². The average Bonchev–Trinajstić information content (AvgIpc) is 2.37. The lowest BCUT2D eigenvalue weighted by atomic mass is 10.0. The van der Waals surface area contributed by atoms with Crippen LogP contribution in [0.15, 0.2) is 47.1 Å². The van der Waals surface area contributed by atoms with Crippen molar-refractivity contribution >= 4 is 23.0 Å². The van der Waals surface area contributed by atoms with Crippen molar-refractivity contribution in [1.29, 1.82) is 0 Å². The molecule has 104 valence electrons. The second-order valence-corrected chi connectivity index (χ2v) is 5.12. The molecule has 1 aromatic carbocycles. The smallest absolute Gasteiger partial charge is 0.129 e. The predicted octanol–water partition coefficient (Wildman–Crippen LogP) is 3.69. The normalized spacial score (nSPS) is 14.7. The van der Waals surface area contributed by atoms with Crippen LogP contribution in [0.3, 0.4) is 0 Å². The highest BCUT2D eigenvalue weighted by atomic mass is 32.1. The van der Waals surface area contributed by atoms with E-state index in [2.05, 4.69) is 16.9 Å². The Morgan fingerprint density at radius 3 is 2.85 bits per heavy atom. The van der Waals surface area contributed by atoms with Gasteiger partial charge in [-0.25, -0.2) is 13.8 Å². The zero-order chi connectivity index (χ0) is 14.7. The molecule has 0 saturated heterocycles. The van der Waals surface area contributed by atoms with Crippen LogP contribution in [0.4, 0.5) is 8.78 Å². The molecule has 0 bridgehead atoms. The summed E-state index contributed by atoms with van der Waals surface area (Å²) in [6.45, 7) is 5.87. The zero-order valence-corrected chi connectivity index (χ0v) is 11.9. The summed E-state index contributed by atoms with van der Waals surface area (Å²) in [5, 5.41) is 2.98. The van der Waals surface area contributed by atoms with Gasteiger partial charge in [0.1, 0.15) is 17.5 Å². The van der Waals surface area contributed by atoms with Crippen molar-refractivity contribution in [2.75, 3.05) is 0 Å². The van der Waals surface area contributed by atoms with Crippen LogP contribution in [0.2, 0.25) is 0 Å². The number of halogens is 2. The molecule has 0 aliphatic carbocycles. The third kappa shape index (κ3) is 3.57. The highest BCUT2D eigenvalue weighted by Crippen LogP contribution is 2.16. The summed E-state index contributed by atoms with van der Waals surface area (Å²) in [6, 6.07) is 3.46. The molecule has 1 aliphatic heterocycles. The lowest BCUT2D eigenvalue weighted by Gasteiger charge is -2.16. The van der Waals surface area contributed by atoms with E-state index in [0.29, 0.717) is 22.8 Å². The monoisotopic (exact) mass is 292 g/mol. The number of hydrogen-bond donors (Lipinski definition) is 1. The van der Waals surface area contributed by atoms with Crippen molar-refractivity contribution in [3.8, 4) is 0 Å². The van der Waals surface area contributed by atoms with Gasteiger partial charge < -0.3 is 5.32 Å². The fraction of sp³-hybridized carbons (Fsp3) is 0.200. The van der Waals surface area contributed by atoms with E-state index in [0.717, 1.165) is 17.2 Å². The standard InChI is InChI=1S/C15H14F2N2S/c1-9-5-14(18-8-10(9)2)19-15(20)6-11-3-4-12(16)7-13(11)17/h3-4,7-8H,1,5-6H2,2H3,(H,18,19,20). The van der Waals surface area contributed by atoms with Crippen molar-refractivity contribution in [2.24, 2.45) is 4.99 Å². The molecule has 1 aliphatic rings. The topological polar surface area (TPSA) is 24.4 Å². The number of benzene rings is 1. The molecule has 0 unspecified atom stereocenters. The largest absolute Gasteiger partial charge is 0.338 e. The van der Waals surface area contributed by atoms with Crippen LogP contribution in [0.25, 0.3) is 0 Å². The summed E-state index contributed by atoms with van der Waals surface area (Å²) in [4.78, 5) is 4.66. The quantitative estimate of drug-likeness (QED) is 0.841. The molecule has 0 spiro atoms. The minimum absolute atomic E-state index is 0.204. The van der Waals surface area contributed by atoms with Gasteiger partial charge in [-0.2, -0.15) is 0 Å². The Morgan fingerprint density at radius 2 is 2.20 bits per heavy atom. The molecule has 1 N–H and O–H groups in total. The third-order valence-electron chi connectivity index (χ3n) is 3.00. The first kappa shape index (κ1) is 14.5. The van der Waals surface area contributed by atoms with Gasteiger partial charge in [-0.3, -0.25) is 0 Å². The Kier molecular flexibility index (Phi) is 4.39. The molecule has 0 aromatic heterocycles. The lowest BCUT2D eigenvalue weighted by Crippen LogP contribution is -2.31. The predicted molar refractivity (Wildman–Crippen MR) is 80.7 cm³/mol. The van der Waals surface area contributed by atoms with Gasteiger partial charge in [-0.05, 0) is 29.7 Å². The SMILES string of the molecule is C=C1CC(NC(=S)Cc2ccc(F)cc2F)=NC=C1C. The van der Waals surface area contributed by atoms with Gasteiger partial charge in [0.15, 0.2) is 0 Å². The molecule has 5 heteroatoms. The Balaban J connectivity index is 2.01. The van der Waals surface area contributed by atoms with Crippen LogP contribution in [0.1, 0.15) is 18.9 Å². The number of rotatable bonds is 2. The third-order valence-corrected chi connectivity index (χ3v) is 3.25. The molecule has 0 saturated carbocycles. The summed E-state index contributed by atoms with van der Waals surface area (Å²) < 4.78 is 26.3. The summed E-state index contributed by atoms with van der Waals surface area (Å²) in [5.74, 6) is -0.508. The van der Waals surface area contributed by atoms with Gasteiger partial charge in [-0.1, -0.05) is 24.9 Å². The van der Waals surface area contributed by atoms with E-state index in [1.165, 1.54) is 12.1 Å². The number of aliphatic imine (C=N–C) groups is 1. The number of allylic oxidation sites excluding steroid dienone is 1. The summed E-state index contributed by atoms with van der Waals surface area (Å²) >= 11 is 5.17. The lowest BCUT2D eigenvalue weighted by molar-refractivity contribution is 0.576. The van der Waals surface area contributed by atoms with Crippen LogP contribution in [0, 0.1) is 11.6 Å². The first-order valence-electron chi connectivity index (χ1n) is 6.11. The van der Waals surface area contributed by atoms with E-state index >= 15 is 0 Å². The maximum absolute atomic E-state index is 13.5. The van der Waals surface area contributed by atoms with E-state index in [9.17, 15) is 8.78 Å². The number of nitrogens with one attached hydrogen (secondary N) is 1. The number of thiocarbonyl (C=S) groups is 1. The molecule has 2 rings (SSSR count).